The van der Waals surface area contributed by atoms with Crippen LogP contribution in [0.1, 0.15) is 19.4 Å². The first kappa shape index (κ1) is 11.6. The molecular formula is C11H17NO. The second-order valence-electron chi connectivity index (χ2n) is 2.24. The van der Waals surface area contributed by atoms with Crippen molar-refractivity contribution in [2.24, 2.45) is 0 Å². The summed E-state index contributed by atoms with van der Waals surface area (Å²) in [6.45, 7) is 7.45. The molecule has 2 heteroatoms. The predicted octanol–water partition coefficient (Wildman–Crippen LogP) is 3.28. The van der Waals surface area contributed by atoms with Gasteiger partial charge >= 0.3 is 0 Å². The number of aliphatic hydroxyl groups is 1. The maximum Gasteiger partial charge on any atom is 0.117 e. The quantitative estimate of drug-likeness (QED) is 0.683. The van der Waals surface area contributed by atoms with Crippen LogP contribution in [0.2, 0.25) is 0 Å². The van der Waals surface area contributed by atoms with Crippen molar-refractivity contribution in [1.82, 2.24) is 0 Å². The van der Waals surface area contributed by atoms with E-state index in [1.54, 1.807) is 0 Å². The highest BCUT2D eigenvalue weighted by molar-refractivity contribution is 5.70. The van der Waals surface area contributed by atoms with Gasteiger partial charge < -0.3 is 10.4 Å². The van der Waals surface area contributed by atoms with E-state index in [0.717, 1.165) is 11.3 Å². The largest absolute Gasteiger partial charge is 0.508 e. The highest BCUT2D eigenvalue weighted by Gasteiger charge is 2.00. The fourth-order valence-electron chi connectivity index (χ4n) is 0.953. The number of benzene rings is 1. The Bertz CT molecular complexity index is 269. The lowest BCUT2D eigenvalue weighted by Gasteiger charge is -2.05. The number of rotatable bonds is 2. The average Bonchev–Trinajstić information content (AvgIpc) is 2.20. The first-order valence-corrected chi connectivity index (χ1v) is 4.40. The lowest BCUT2D eigenvalue weighted by Crippen LogP contribution is -1.93. The number of nitrogens with one attached hydrogen (secondary N) is 1. The van der Waals surface area contributed by atoms with Gasteiger partial charge in [-0.2, -0.15) is 0 Å². The Kier molecular flexibility index (Phi) is 5.44. The van der Waals surface area contributed by atoms with Gasteiger partial charge in [-0.3, -0.25) is 0 Å². The van der Waals surface area contributed by atoms with Crippen molar-refractivity contribution < 1.29 is 5.11 Å². The summed E-state index contributed by atoms with van der Waals surface area (Å²) >= 11 is 0. The summed E-state index contributed by atoms with van der Waals surface area (Å²) in [5.41, 5.74) is 1.63. The van der Waals surface area contributed by atoms with Gasteiger partial charge in [0.05, 0.1) is 0 Å². The monoisotopic (exact) mass is 179 g/mol. The van der Waals surface area contributed by atoms with E-state index in [4.69, 9.17) is 5.11 Å². The zero-order valence-corrected chi connectivity index (χ0v) is 8.46. The summed E-state index contributed by atoms with van der Waals surface area (Å²) in [7, 11) is 1.81. The molecule has 13 heavy (non-hydrogen) atoms. The molecule has 1 aromatic carbocycles. The molecule has 0 aliphatic carbocycles. The SMILES string of the molecule is C=C(O)c1ccccc1NC.CC. The number of para-hydroxylation sites is 1. The number of hydrogen-bond donors (Lipinski definition) is 2. The van der Waals surface area contributed by atoms with Gasteiger partial charge in [0.25, 0.3) is 0 Å². The van der Waals surface area contributed by atoms with Gasteiger partial charge in [-0.1, -0.05) is 32.6 Å². The third-order valence-corrected chi connectivity index (χ3v) is 1.51. The summed E-state index contributed by atoms with van der Waals surface area (Å²) in [6.07, 6.45) is 0. The standard InChI is InChI=1S/C9H11NO.C2H6/c1-7(11)8-5-3-4-6-9(8)10-2;1-2/h3-6,10-11H,1H2,2H3;1-2H3. The Labute approximate surface area is 79.9 Å². The second-order valence-corrected chi connectivity index (χ2v) is 2.24. The van der Waals surface area contributed by atoms with E-state index in [0.29, 0.717) is 0 Å². The van der Waals surface area contributed by atoms with Crippen molar-refractivity contribution >= 4 is 11.4 Å². The third-order valence-electron chi connectivity index (χ3n) is 1.51. The van der Waals surface area contributed by atoms with Crippen molar-refractivity contribution in [1.29, 1.82) is 0 Å². The van der Waals surface area contributed by atoms with Crippen molar-refractivity contribution in [3.8, 4) is 0 Å². The molecule has 2 N–H and O–H groups in total. The Morgan fingerprint density at radius 1 is 1.31 bits per heavy atom. The number of anilines is 1. The highest BCUT2D eigenvalue weighted by atomic mass is 16.3. The molecule has 1 aromatic rings. The van der Waals surface area contributed by atoms with Crippen molar-refractivity contribution in [3.63, 3.8) is 0 Å². The van der Waals surface area contributed by atoms with Crippen LogP contribution in [0.25, 0.3) is 5.76 Å². The first-order valence-electron chi connectivity index (χ1n) is 4.40. The molecule has 0 bridgehead atoms. The van der Waals surface area contributed by atoms with E-state index >= 15 is 0 Å². The molecule has 0 radical (unpaired) electrons. The van der Waals surface area contributed by atoms with Crippen LogP contribution in [0.5, 0.6) is 0 Å². The molecule has 72 valence electrons. The molecule has 0 heterocycles. The van der Waals surface area contributed by atoms with Gasteiger partial charge in [0.1, 0.15) is 5.76 Å². The van der Waals surface area contributed by atoms with E-state index in [1.807, 2.05) is 45.2 Å². The van der Waals surface area contributed by atoms with Crippen LogP contribution in [0.3, 0.4) is 0 Å². The van der Waals surface area contributed by atoms with Gasteiger partial charge in [-0.15, -0.1) is 0 Å². The summed E-state index contributed by atoms with van der Waals surface area (Å²) in [4.78, 5) is 0. The second kappa shape index (κ2) is 6.12. The maximum absolute atomic E-state index is 9.10. The van der Waals surface area contributed by atoms with Gasteiger partial charge in [0.2, 0.25) is 0 Å². The van der Waals surface area contributed by atoms with Gasteiger partial charge in [-0.05, 0) is 12.1 Å². The Morgan fingerprint density at radius 3 is 2.23 bits per heavy atom. The minimum atomic E-state index is 0.0925. The lowest BCUT2D eigenvalue weighted by molar-refractivity contribution is 0.514. The molecule has 0 aliphatic rings. The molecule has 0 spiro atoms. The summed E-state index contributed by atoms with van der Waals surface area (Å²) in [6, 6.07) is 7.46. The molecular weight excluding hydrogens is 162 g/mol. The molecule has 0 amide bonds. The van der Waals surface area contributed by atoms with Crippen LogP contribution in [0, 0.1) is 0 Å². The van der Waals surface area contributed by atoms with Crippen LogP contribution in [0.4, 0.5) is 5.69 Å². The topological polar surface area (TPSA) is 32.3 Å². The summed E-state index contributed by atoms with van der Waals surface area (Å²) < 4.78 is 0. The summed E-state index contributed by atoms with van der Waals surface area (Å²) in [5.74, 6) is 0.0925. The molecule has 0 saturated heterocycles. The Hall–Kier alpha value is -1.44. The van der Waals surface area contributed by atoms with Crippen molar-refractivity contribution in [2.45, 2.75) is 13.8 Å². The summed E-state index contributed by atoms with van der Waals surface area (Å²) in [5, 5.41) is 12.1. The predicted molar refractivity (Wildman–Crippen MR) is 59.0 cm³/mol. The first-order chi connectivity index (χ1) is 6.25. The zero-order chi connectivity index (χ0) is 10.3. The van der Waals surface area contributed by atoms with Gasteiger partial charge in [0, 0.05) is 18.3 Å². The molecule has 0 fully saturated rings. The average molecular weight is 179 g/mol. The third kappa shape index (κ3) is 3.20. The van der Waals surface area contributed by atoms with Crippen LogP contribution >= 0.6 is 0 Å². The maximum atomic E-state index is 9.10. The van der Waals surface area contributed by atoms with Crippen molar-refractivity contribution in [3.05, 3.63) is 36.4 Å². The lowest BCUT2D eigenvalue weighted by atomic mass is 10.1. The Balaban J connectivity index is 0.000000671. The fourth-order valence-corrected chi connectivity index (χ4v) is 0.953. The Morgan fingerprint density at radius 2 is 1.85 bits per heavy atom. The zero-order valence-electron chi connectivity index (χ0n) is 8.46. The molecule has 0 unspecified atom stereocenters. The highest BCUT2D eigenvalue weighted by Crippen LogP contribution is 2.19. The van der Waals surface area contributed by atoms with Crippen LogP contribution in [-0.4, -0.2) is 12.2 Å². The number of aliphatic hydroxyl groups excluding tert-OH is 1. The minimum absolute atomic E-state index is 0.0925. The van der Waals surface area contributed by atoms with E-state index in [1.165, 1.54) is 0 Å². The van der Waals surface area contributed by atoms with Crippen LogP contribution in [-0.2, 0) is 0 Å². The van der Waals surface area contributed by atoms with E-state index in [9.17, 15) is 0 Å². The fraction of sp³-hybridized carbons (Fsp3) is 0.273. The van der Waals surface area contributed by atoms with E-state index in [2.05, 4.69) is 11.9 Å². The van der Waals surface area contributed by atoms with Crippen LogP contribution < -0.4 is 5.32 Å². The molecule has 0 aromatic heterocycles. The molecule has 0 aliphatic heterocycles. The number of hydrogen-bond acceptors (Lipinski definition) is 2. The van der Waals surface area contributed by atoms with Gasteiger partial charge in [-0.25, -0.2) is 0 Å². The van der Waals surface area contributed by atoms with Gasteiger partial charge in [0.15, 0.2) is 0 Å². The normalized spacial score (nSPS) is 8.23. The van der Waals surface area contributed by atoms with Crippen molar-refractivity contribution in [2.75, 3.05) is 12.4 Å². The van der Waals surface area contributed by atoms with E-state index < -0.39 is 0 Å². The smallest absolute Gasteiger partial charge is 0.117 e. The molecule has 2 nitrogen and oxygen atoms in total. The molecule has 1 rings (SSSR count). The molecule has 0 saturated carbocycles. The van der Waals surface area contributed by atoms with E-state index in [-0.39, 0.29) is 5.76 Å². The minimum Gasteiger partial charge on any atom is -0.508 e. The van der Waals surface area contributed by atoms with Crippen LogP contribution in [0.15, 0.2) is 30.8 Å². The molecule has 0 atom stereocenters.